The number of hydrogen-bond donors (Lipinski definition) is 1. The number of nitrogens with zero attached hydrogens (tertiary/aromatic N) is 3. The van der Waals surface area contributed by atoms with Gasteiger partial charge in [-0.25, -0.2) is 9.78 Å². The van der Waals surface area contributed by atoms with Gasteiger partial charge in [-0.2, -0.15) is 0 Å². The first-order chi connectivity index (χ1) is 10.1. The monoisotopic (exact) mass is 326 g/mol. The number of nitrogens with one attached hydrogen (secondary N) is 1. The van der Waals surface area contributed by atoms with E-state index in [0.29, 0.717) is 19.6 Å². The summed E-state index contributed by atoms with van der Waals surface area (Å²) in [4.78, 5) is 19.1. The Hall–Kier alpha value is -1.53. The van der Waals surface area contributed by atoms with Crippen molar-refractivity contribution < 1.29 is 4.79 Å². The Bertz CT molecular complexity index is 569. The second-order valence-corrected chi connectivity index (χ2v) is 6.63. The van der Waals surface area contributed by atoms with Crippen LogP contribution in [0.4, 0.5) is 4.79 Å². The number of hydrogen-bond acceptors (Lipinski definition) is 3. The number of aromatic nitrogens is 2. The van der Waals surface area contributed by atoms with Crippen molar-refractivity contribution in [2.24, 2.45) is 0 Å². The van der Waals surface area contributed by atoms with E-state index >= 15 is 0 Å². The molecule has 2 amide bonds. The number of thiophene rings is 1. The third-order valence-corrected chi connectivity index (χ3v) is 4.27. The maximum absolute atomic E-state index is 12.3. The van der Waals surface area contributed by atoms with Crippen LogP contribution in [0, 0.1) is 0 Å². The van der Waals surface area contributed by atoms with Crippen molar-refractivity contribution in [3.8, 4) is 0 Å². The lowest BCUT2D eigenvalue weighted by atomic mass is 10.3. The molecule has 0 aliphatic carbocycles. The van der Waals surface area contributed by atoms with Gasteiger partial charge in [0.05, 0.1) is 17.2 Å². The van der Waals surface area contributed by atoms with E-state index in [1.807, 2.05) is 36.7 Å². The summed E-state index contributed by atoms with van der Waals surface area (Å²) in [5.74, 6) is 0. The van der Waals surface area contributed by atoms with Crippen molar-refractivity contribution >= 4 is 29.0 Å². The van der Waals surface area contributed by atoms with Gasteiger partial charge >= 0.3 is 6.03 Å². The van der Waals surface area contributed by atoms with Gasteiger partial charge < -0.3 is 14.8 Å². The summed E-state index contributed by atoms with van der Waals surface area (Å²) in [5, 5.41) is 3.01. The van der Waals surface area contributed by atoms with Crippen LogP contribution >= 0.6 is 22.9 Å². The number of urea groups is 1. The van der Waals surface area contributed by atoms with E-state index in [4.69, 9.17) is 11.6 Å². The fourth-order valence-corrected chi connectivity index (χ4v) is 3.11. The van der Waals surface area contributed by atoms with Gasteiger partial charge in [0.15, 0.2) is 0 Å². The largest absolute Gasteiger partial charge is 0.335 e. The van der Waals surface area contributed by atoms with Crippen molar-refractivity contribution in [1.29, 1.82) is 0 Å². The molecule has 5 nitrogen and oxygen atoms in total. The lowest BCUT2D eigenvalue weighted by Gasteiger charge is -2.23. The summed E-state index contributed by atoms with van der Waals surface area (Å²) in [5.41, 5.74) is 0. The quantitative estimate of drug-likeness (QED) is 0.886. The zero-order valence-corrected chi connectivity index (χ0v) is 13.7. The van der Waals surface area contributed by atoms with Gasteiger partial charge in [0.25, 0.3) is 0 Å². The molecule has 0 spiro atoms. The summed E-state index contributed by atoms with van der Waals surface area (Å²) in [6, 6.07) is 3.79. The van der Waals surface area contributed by atoms with Crippen molar-refractivity contribution in [2.75, 3.05) is 6.54 Å². The highest BCUT2D eigenvalue weighted by molar-refractivity contribution is 7.16. The lowest BCUT2D eigenvalue weighted by molar-refractivity contribution is 0.194. The molecular formula is C14H19ClN4OS. The Morgan fingerprint density at radius 1 is 1.57 bits per heavy atom. The molecule has 0 unspecified atom stereocenters. The minimum Gasteiger partial charge on any atom is -0.335 e. The first-order valence-corrected chi connectivity index (χ1v) is 8.03. The van der Waals surface area contributed by atoms with Crippen LogP contribution in [0.2, 0.25) is 4.34 Å². The Morgan fingerprint density at radius 2 is 2.38 bits per heavy atom. The lowest BCUT2D eigenvalue weighted by Crippen LogP contribution is -2.44. The van der Waals surface area contributed by atoms with Crippen LogP contribution in [0.1, 0.15) is 18.7 Å². The Balaban J connectivity index is 1.87. The van der Waals surface area contributed by atoms with Gasteiger partial charge in [-0.3, -0.25) is 0 Å². The standard InChI is InChI=1S/C14H19ClN4OS/c1-3-19(9-12-4-5-13(15)21-12)14(20)17-11(2)8-18-7-6-16-10-18/h4-7,10-11H,3,8-9H2,1-2H3,(H,17,20)/t11-/m0/s1. The molecule has 0 saturated heterocycles. The Labute approximate surface area is 133 Å². The Kier molecular flexibility index (Phi) is 5.64. The van der Waals surface area contributed by atoms with E-state index in [1.165, 1.54) is 11.3 Å². The molecule has 0 aliphatic rings. The van der Waals surface area contributed by atoms with E-state index in [0.717, 1.165) is 9.21 Å². The van der Waals surface area contributed by atoms with E-state index in [9.17, 15) is 4.79 Å². The molecule has 0 radical (unpaired) electrons. The SMILES string of the molecule is CCN(Cc1ccc(Cl)s1)C(=O)N[C@@H](C)Cn1ccnc1. The molecule has 7 heteroatoms. The zero-order valence-electron chi connectivity index (χ0n) is 12.1. The predicted octanol–water partition coefficient (Wildman–Crippen LogP) is 3.22. The number of amides is 2. The van der Waals surface area contributed by atoms with Gasteiger partial charge in [0.1, 0.15) is 0 Å². The smallest absolute Gasteiger partial charge is 0.317 e. The summed E-state index contributed by atoms with van der Waals surface area (Å²) in [6.45, 7) is 5.88. The molecule has 2 aromatic heterocycles. The fraction of sp³-hybridized carbons (Fsp3) is 0.429. The maximum Gasteiger partial charge on any atom is 0.317 e. The second kappa shape index (κ2) is 7.47. The van der Waals surface area contributed by atoms with Crippen LogP contribution in [-0.2, 0) is 13.1 Å². The molecule has 0 fully saturated rings. The van der Waals surface area contributed by atoms with Gasteiger partial charge in [-0.15, -0.1) is 11.3 Å². The minimum atomic E-state index is -0.0605. The van der Waals surface area contributed by atoms with Crippen molar-refractivity contribution in [3.63, 3.8) is 0 Å². The molecule has 0 saturated carbocycles. The molecule has 0 bridgehead atoms. The molecule has 2 rings (SSSR count). The van der Waals surface area contributed by atoms with Crippen molar-refractivity contribution in [3.05, 3.63) is 40.1 Å². The van der Waals surface area contributed by atoms with Crippen LogP contribution in [0.3, 0.4) is 0 Å². The molecule has 21 heavy (non-hydrogen) atoms. The third-order valence-electron chi connectivity index (χ3n) is 3.06. The first-order valence-electron chi connectivity index (χ1n) is 6.84. The molecule has 0 aliphatic heterocycles. The van der Waals surface area contributed by atoms with Crippen LogP contribution in [-0.4, -0.2) is 33.1 Å². The highest BCUT2D eigenvalue weighted by atomic mass is 35.5. The molecule has 1 N–H and O–H groups in total. The summed E-state index contributed by atoms with van der Waals surface area (Å²) in [7, 11) is 0. The van der Waals surface area contributed by atoms with Gasteiger partial charge in [-0.1, -0.05) is 11.6 Å². The zero-order chi connectivity index (χ0) is 15.2. The highest BCUT2D eigenvalue weighted by Crippen LogP contribution is 2.22. The maximum atomic E-state index is 12.3. The molecular weight excluding hydrogens is 308 g/mol. The number of rotatable bonds is 6. The topological polar surface area (TPSA) is 50.2 Å². The van der Waals surface area contributed by atoms with Crippen LogP contribution in [0.5, 0.6) is 0 Å². The van der Waals surface area contributed by atoms with E-state index < -0.39 is 0 Å². The molecule has 2 aromatic rings. The average Bonchev–Trinajstić information content (AvgIpc) is 3.07. The minimum absolute atomic E-state index is 0.0349. The molecule has 2 heterocycles. The molecule has 1 atom stereocenters. The van der Waals surface area contributed by atoms with Crippen LogP contribution in [0.25, 0.3) is 0 Å². The summed E-state index contributed by atoms with van der Waals surface area (Å²) < 4.78 is 2.69. The van der Waals surface area contributed by atoms with E-state index in [1.54, 1.807) is 17.4 Å². The van der Waals surface area contributed by atoms with Crippen molar-refractivity contribution in [1.82, 2.24) is 19.8 Å². The number of carbonyl (C=O) groups is 1. The second-order valence-electron chi connectivity index (χ2n) is 4.83. The van der Waals surface area contributed by atoms with Gasteiger partial charge in [-0.05, 0) is 26.0 Å². The number of halogens is 1. The summed E-state index contributed by atoms with van der Waals surface area (Å²) in [6.07, 6.45) is 5.36. The normalized spacial score (nSPS) is 12.1. The average molecular weight is 327 g/mol. The third kappa shape index (κ3) is 4.75. The van der Waals surface area contributed by atoms with Crippen LogP contribution in [0.15, 0.2) is 30.9 Å². The highest BCUT2D eigenvalue weighted by Gasteiger charge is 2.15. The van der Waals surface area contributed by atoms with Gasteiger partial charge in [0.2, 0.25) is 0 Å². The van der Waals surface area contributed by atoms with Crippen molar-refractivity contribution in [2.45, 2.75) is 33.0 Å². The fourth-order valence-electron chi connectivity index (χ4n) is 2.01. The number of carbonyl (C=O) groups excluding carboxylic acids is 1. The van der Waals surface area contributed by atoms with Crippen LogP contribution < -0.4 is 5.32 Å². The van der Waals surface area contributed by atoms with E-state index in [2.05, 4.69) is 10.3 Å². The first kappa shape index (κ1) is 15.9. The van der Waals surface area contributed by atoms with E-state index in [-0.39, 0.29) is 12.1 Å². The Morgan fingerprint density at radius 3 is 2.95 bits per heavy atom. The molecule has 114 valence electrons. The predicted molar refractivity (Wildman–Crippen MR) is 85.6 cm³/mol. The number of imidazole rings is 1. The molecule has 0 aromatic carbocycles. The summed E-state index contributed by atoms with van der Waals surface area (Å²) >= 11 is 7.42. The van der Waals surface area contributed by atoms with Gasteiger partial charge in [0, 0.05) is 36.4 Å².